The van der Waals surface area contributed by atoms with Crippen LogP contribution in [-0.2, 0) is 17.7 Å². The Balaban J connectivity index is 1.69. The Hall–Kier alpha value is -1.52. The summed E-state index contributed by atoms with van der Waals surface area (Å²) in [6, 6.07) is 0.653. The summed E-state index contributed by atoms with van der Waals surface area (Å²) in [4.78, 5) is 13.9. The van der Waals surface area contributed by atoms with E-state index in [1.807, 2.05) is 20.8 Å². The van der Waals surface area contributed by atoms with Crippen molar-refractivity contribution in [3.63, 3.8) is 0 Å². The fraction of sp³-hybridized carbons (Fsp3) is 0.714. The van der Waals surface area contributed by atoms with E-state index in [1.165, 1.54) is 24.1 Å². The predicted molar refractivity (Wildman–Crippen MR) is 69.6 cm³/mol. The Morgan fingerprint density at radius 2 is 2.21 bits per heavy atom. The van der Waals surface area contributed by atoms with Gasteiger partial charge in [-0.3, -0.25) is 0 Å². The van der Waals surface area contributed by atoms with E-state index in [4.69, 9.17) is 4.74 Å². The van der Waals surface area contributed by atoms with Gasteiger partial charge in [0.2, 0.25) is 6.20 Å². The second-order valence-electron chi connectivity index (χ2n) is 6.54. The van der Waals surface area contributed by atoms with Crippen LogP contribution in [0.1, 0.15) is 50.9 Å². The Labute approximate surface area is 113 Å². The van der Waals surface area contributed by atoms with Crippen molar-refractivity contribution in [3.8, 4) is 0 Å². The van der Waals surface area contributed by atoms with E-state index < -0.39 is 5.60 Å². The molecule has 3 rings (SSSR count). The van der Waals surface area contributed by atoms with Crippen LogP contribution in [0.3, 0.4) is 0 Å². The highest BCUT2D eigenvalue weighted by molar-refractivity contribution is 5.68. The van der Waals surface area contributed by atoms with Gasteiger partial charge in [-0.1, -0.05) is 0 Å². The molecule has 1 aromatic heterocycles. The Morgan fingerprint density at radius 1 is 1.47 bits per heavy atom. The first-order chi connectivity index (χ1) is 8.92. The van der Waals surface area contributed by atoms with Crippen molar-refractivity contribution in [2.45, 2.75) is 58.2 Å². The van der Waals surface area contributed by atoms with Crippen LogP contribution in [0.2, 0.25) is 0 Å². The lowest BCUT2D eigenvalue weighted by atomic mass is 10.1. The fourth-order valence-corrected chi connectivity index (χ4v) is 2.42. The first-order valence-corrected chi connectivity index (χ1v) is 7.02. The quantitative estimate of drug-likeness (QED) is 0.788. The second kappa shape index (κ2) is 4.25. The van der Waals surface area contributed by atoms with Gasteiger partial charge in [0.25, 0.3) is 0 Å². The summed E-state index contributed by atoms with van der Waals surface area (Å²) in [5.41, 5.74) is 2.07. The minimum absolute atomic E-state index is 0.211. The van der Waals surface area contributed by atoms with E-state index in [0.717, 1.165) is 13.0 Å². The van der Waals surface area contributed by atoms with Crippen molar-refractivity contribution in [1.29, 1.82) is 0 Å². The first-order valence-electron chi connectivity index (χ1n) is 7.02. The molecule has 0 saturated heterocycles. The number of amides is 1. The number of ether oxygens (including phenoxy) is 1. The number of fused-ring (bicyclic) bond motifs is 1. The minimum atomic E-state index is -0.427. The van der Waals surface area contributed by atoms with Crippen LogP contribution in [0.4, 0.5) is 4.79 Å². The molecule has 19 heavy (non-hydrogen) atoms. The molecule has 2 aliphatic rings. The summed E-state index contributed by atoms with van der Waals surface area (Å²) in [6.07, 6.45) is 5.36. The first kappa shape index (κ1) is 12.5. The molecule has 0 atom stereocenters. The van der Waals surface area contributed by atoms with Gasteiger partial charge in [-0.05, 0) is 20.8 Å². The van der Waals surface area contributed by atoms with Crippen LogP contribution in [0.15, 0.2) is 6.20 Å². The minimum Gasteiger partial charge on any atom is -0.444 e. The van der Waals surface area contributed by atoms with E-state index in [9.17, 15) is 4.79 Å². The number of carbonyl (C=O) groups excluding carboxylic acids is 1. The van der Waals surface area contributed by atoms with E-state index in [-0.39, 0.29) is 6.09 Å². The third-order valence-corrected chi connectivity index (χ3v) is 3.53. The lowest BCUT2D eigenvalue weighted by Gasteiger charge is -2.29. The Bertz CT molecular complexity index is 497. The third-order valence-electron chi connectivity index (χ3n) is 3.53. The summed E-state index contributed by atoms with van der Waals surface area (Å²) in [5, 5.41) is 3.44. The number of H-pyrrole nitrogens is 1. The van der Waals surface area contributed by atoms with Crippen LogP contribution < -0.4 is 4.68 Å². The van der Waals surface area contributed by atoms with E-state index in [1.54, 1.807) is 4.90 Å². The molecule has 1 amide bonds. The number of hydrogen-bond acceptors (Lipinski definition) is 2. The number of aromatic nitrogens is 2. The largest absolute Gasteiger partial charge is 0.444 e. The molecule has 1 aliphatic carbocycles. The van der Waals surface area contributed by atoms with Gasteiger partial charge in [0, 0.05) is 25.8 Å². The summed E-state index contributed by atoms with van der Waals surface area (Å²) < 4.78 is 7.63. The molecule has 0 spiro atoms. The molecule has 0 bridgehead atoms. The van der Waals surface area contributed by atoms with Crippen LogP contribution in [0, 0.1) is 0 Å². The van der Waals surface area contributed by atoms with Crippen molar-refractivity contribution in [3.05, 3.63) is 17.5 Å². The zero-order valence-corrected chi connectivity index (χ0v) is 11.9. The van der Waals surface area contributed by atoms with Gasteiger partial charge < -0.3 is 9.64 Å². The highest BCUT2D eigenvalue weighted by Crippen LogP contribution is 2.29. The summed E-state index contributed by atoms with van der Waals surface area (Å²) >= 11 is 0. The Morgan fingerprint density at radius 3 is 2.84 bits per heavy atom. The molecule has 1 N–H and O–H groups in total. The lowest BCUT2D eigenvalue weighted by molar-refractivity contribution is -0.754. The number of nitrogens with zero attached hydrogens (tertiary/aromatic N) is 2. The topological polar surface area (TPSA) is 49.2 Å². The van der Waals surface area contributed by atoms with Gasteiger partial charge in [0.15, 0.2) is 6.04 Å². The maximum absolute atomic E-state index is 12.1. The SMILES string of the molecule is CC(C)(C)OC(=O)N1CCc2[nH][n+](C3CC3)cc2C1. The zero-order chi connectivity index (χ0) is 13.6. The van der Waals surface area contributed by atoms with E-state index >= 15 is 0 Å². The lowest BCUT2D eigenvalue weighted by Crippen LogP contribution is -2.39. The molecule has 0 aromatic carbocycles. The maximum Gasteiger partial charge on any atom is 0.410 e. The molecule has 0 radical (unpaired) electrons. The molecule has 2 heterocycles. The molecular formula is C14H22N3O2+. The summed E-state index contributed by atoms with van der Waals surface area (Å²) in [7, 11) is 0. The smallest absolute Gasteiger partial charge is 0.410 e. The highest BCUT2D eigenvalue weighted by Gasteiger charge is 2.36. The van der Waals surface area contributed by atoms with Gasteiger partial charge in [0.05, 0.1) is 17.8 Å². The maximum atomic E-state index is 12.1. The van der Waals surface area contributed by atoms with Crippen molar-refractivity contribution in [2.75, 3.05) is 6.54 Å². The van der Waals surface area contributed by atoms with Crippen LogP contribution >= 0.6 is 0 Å². The molecule has 1 aromatic rings. The molecule has 0 unspecified atom stereocenters. The third kappa shape index (κ3) is 2.74. The zero-order valence-electron chi connectivity index (χ0n) is 11.9. The van der Waals surface area contributed by atoms with Gasteiger partial charge >= 0.3 is 6.09 Å². The molecule has 104 valence electrons. The van der Waals surface area contributed by atoms with Crippen LogP contribution in [0.25, 0.3) is 0 Å². The van der Waals surface area contributed by atoms with Crippen molar-refractivity contribution < 1.29 is 14.2 Å². The monoisotopic (exact) mass is 264 g/mol. The number of hydrogen-bond donors (Lipinski definition) is 1. The van der Waals surface area contributed by atoms with Crippen LogP contribution in [-0.4, -0.2) is 28.2 Å². The van der Waals surface area contributed by atoms with E-state index in [0.29, 0.717) is 12.6 Å². The molecule has 5 heteroatoms. The van der Waals surface area contributed by atoms with Crippen molar-refractivity contribution in [2.24, 2.45) is 0 Å². The Kier molecular flexibility index (Phi) is 2.80. The fourth-order valence-electron chi connectivity index (χ4n) is 2.42. The standard InChI is InChI=1S/C14H21N3O2/c1-14(2,3)19-13(18)16-7-6-12-10(8-16)9-17(15-12)11-4-5-11/h9,11H,4-8H2,1-3H3/p+1. The average molecular weight is 264 g/mol. The normalized spacial score (nSPS) is 19.2. The number of carbonyl (C=O) groups is 1. The van der Waals surface area contributed by atoms with Gasteiger partial charge in [-0.15, -0.1) is 4.68 Å². The number of rotatable bonds is 1. The van der Waals surface area contributed by atoms with Crippen molar-refractivity contribution in [1.82, 2.24) is 10.00 Å². The molecule has 1 fully saturated rings. The van der Waals surface area contributed by atoms with Gasteiger partial charge in [-0.2, -0.15) is 5.10 Å². The highest BCUT2D eigenvalue weighted by atomic mass is 16.6. The van der Waals surface area contributed by atoms with Gasteiger partial charge in [-0.25, -0.2) is 4.79 Å². The molecular weight excluding hydrogens is 242 g/mol. The summed E-state index contributed by atoms with van der Waals surface area (Å²) in [5.74, 6) is 0. The average Bonchev–Trinajstić information content (AvgIpc) is 3.06. The van der Waals surface area contributed by atoms with E-state index in [2.05, 4.69) is 16.0 Å². The number of nitrogens with one attached hydrogen (secondary N) is 1. The van der Waals surface area contributed by atoms with Crippen molar-refractivity contribution >= 4 is 6.09 Å². The molecule has 1 saturated carbocycles. The second-order valence-corrected chi connectivity index (χ2v) is 6.54. The molecule has 5 nitrogen and oxygen atoms in total. The summed E-state index contributed by atoms with van der Waals surface area (Å²) in [6.45, 7) is 7.08. The number of aromatic amines is 1. The molecule has 1 aliphatic heterocycles. The van der Waals surface area contributed by atoms with Gasteiger partial charge in [0.1, 0.15) is 5.60 Å². The van der Waals surface area contributed by atoms with Crippen LogP contribution in [0.5, 0.6) is 0 Å². The predicted octanol–water partition coefficient (Wildman–Crippen LogP) is 1.93.